The molecule has 92 valence electrons. The van der Waals surface area contributed by atoms with Crippen LogP contribution in [-0.2, 0) is 0 Å². The van der Waals surface area contributed by atoms with E-state index in [1.165, 1.54) is 31.2 Å². The molecular formula is C13H17FN2O. The minimum Gasteiger partial charge on any atom is -0.349 e. The van der Waals surface area contributed by atoms with Crippen molar-refractivity contribution >= 4 is 5.91 Å². The van der Waals surface area contributed by atoms with Crippen LogP contribution in [0.15, 0.2) is 18.3 Å². The van der Waals surface area contributed by atoms with Crippen molar-refractivity contribution in [1.29, 1.82) is 0 Å². The zero-order valence-corrected chi connectivity index (χ0v) is 9.79. The van der Waals surface area contributed by atoms with Crippen molar-refractivity contribution in [2.75, 3.05) is 0 Å². The van der Waals surface area contributed by atoms with Gasteiger partial charge in [-0.15, -0.1) is 0 Å². The molecule has 0 unspecified atom stereocenters. The third kappa shape index (κ3) is 3.51. The topological polar surface area (TPSA) is 42.0 Å². The number of carbonyl (C=O) groups is 1. The van der Waals surface area contributed by atoms with Gasteiger partial charge in [-0.3, -0.25) is 4.79 Å². The normalized spacial score (nSPS) is 17.5. The van der Waals surface area contributed by atoms with E-state index in [-0.39, 0.29) is 11.9 Å². The van der Waals surface area contributed by atoms with E-state index >= 15 is 0 Å². The highest BCUT2D eigenvalue weighted by molar-refractivity contribution is 5.94. The maximum atomic E-state index is 12.9. The van der Waals surface area contributed by atoms with Gasteiger partial charge in [0.25, 0.3) is 5.91 Å². The summed E-state index contributed by atoms with van der Waals surface area (Å²) < 4.78 is 12.9. The average molecular weight is 236 g/mol. The second-order valence-corrected chi connectivity index (χ2v) is 4.53. The van der Waals surface area contributed by atoms with Gasteiger partial charge in [-0.25, -0.2) is 4.98 Å². The van der Waals surface area contributed by atoms with Gasteiger partial charge in [-0.2, -0.15) is 4.39 Å². The Bertz CT molecular complexity index is 387. The number of hydrogen-bond donors (Lipinski definition) is 1. The highest BCUT2D eigenvalue weighted by Crippen LogP contribution is 2.17. The number of halogens is 1. The fraction of sp³-hybridized carbons (Fsp3) is 0.538. The Morgan fingerprint density at radius 2 is 2.00 bits per heavy atom. The summed E-state index contributed by atoms with van der Waals surface area (Å²) in [6.07, 6.45) is 8.19. The van der Waals surface area contributed by atoms with E-state index in [9.17, 15) is 9.18 Å². The van der Waals surface area contributed by atoms with Crippen LogP contribution in [0.3, 0.4) is 0 Å². The Balaban J connectivity index is 1.96. The predicted molar refractivity (Wildman–Crippen MR) is 63.2 cm³/mol. The molecule has 0 atom stereocenters. The summed E-state index contributed by atoms with van der Waals surface area (Å²) in [5.74, 6) is -0.809. The zero-order chi connectivity index (χ0) is 12.1. The lowest BCUT2D eigenvalue weighted by molar-refractivity contribution is 0.0932. The molecule has 4 heteroatoms. The summed E-state index contributed by atoms with van der Waals surface area (Å²) in [5, 5.41) is 2.97. The highest BCUT2D eigenvalue weighted by atomic mass is 19.1. The van der Waals surface area contributed by atoms with Crippen molar-refractivity contribution < 1.29 is 9.18 Å². The molecule has 1 amide bonds. The van der Waals surface area contributed by atoms with Crippen molar-refractivity contribution in [1.82, 2.24) is 10.3 Å². The van der Waals surface area contributed by atoms with E-state index in [1.54, 1.807) is 0 Å². The van der Waals surface area contributed by atoms with Crippen LogP contribution < -0.4 is 5.32 Å². The van der Waals surface area contributed by atoms with Crippen molar-refractivity contribution in [2.45, 2.75) is 44.6 Å². The van der Waals surface area contributed by atoms with Gasteiger partial charge in [0, 0.05) is 23.9 Å². The molecule has 0 aromatic carbocycles. The monoisotopic (exact) mass is 236 g/mol. The number of pyridine rings is 1. The largest absolute Gasteiger partial charge is 0.349 e. The number of nitrogens with zero attached hydrogens (tertiary/aromatic N) is 1. The molecule has 1 aliphatic carbocycles. The molecule has 0 aliphatic heterocycles. The standard InChI is InChI=1S/C13H17FN2O/c14-12-9-10(7-8-15-12)13(17)16-11-5-3-1-2-4-6-11/h7-9,11H,1-6H2,(H,16,17). The van der Waals surface area contributed by atoms with Crippen molar-refractivity contribution in [2.24, 2.45) is 0 Å². The molecule has 2 rings (SSSR count). The Labute approximate surface area is 100 Å². The summed E-state index contributed by atoms with van der Waals surface area (Å²) in [4.78, 5) is 15.3. The first-order valence-corrected chi connectivity index (χ1v) is 6.18. The number of rotatable bonds is 2. The Kier molecular flexibility index (Phi) is 4.07. The lowest BCUT2D eigenvalue weighted by atomic mass is 10.1. The van der Waals surface area contributed by atoms with Crippen LogP contribution in [-0.4, -0.2) is 16.9 Å². The molecule has 17 heavy (non-hydrogen) atoms. The summed E-state index contributed by atoms with van der Waals surface area (Å²) >= 11 is 0. The fourth-order valence-corrected chi connectivity index (χ4v) is 2.24. The van der Waals surface area contributed by atoms with Crippen LogP contribution in [0.2, 0.25) is 0 Å². The number of aromatic nitrogens is 1. The molecule has 1 aliphatic rings. The minimum atomic E-state index is -0.612. The van der Waals surface area contributed by atoms with E-state index in [0.29, 0.717) is 5.56 Å². The van der Waals surface area contributed by atoms with Crippen LogP contribution in [0.25, 0.3) is 0 Å². The van der Waals surface area contributed by atoms with E-state index in [0.717, 1.165) is 25.7 Å². The molecule has 1 aromatic rings. The lowest BCUT2D eigenvalue weighted by Crippen LogP contribution is -2.34. The number of nitrogens with one attached hydrogen (secondary N) is 1. The van der Waals surface area contributed by atoms with Crippen molar-refractivity contribution in [3.05, 3.63) is 29.8 Å². The maximum Gasteiger partial charge on any atom is 0.251 e. The second kappa shape index (κ2) is 5.75. The third-order valence-corrected chi connectivity index (χ3v) is 3.18. The van der Waals surface area contributed by atoms with Gasteiger partial charge in [-0.1, -0.05) is 25.7 Å². The first-order chi connectivity index (χ1) is 8.25. The average Bonchev–Trinajstić information content (AvgIpc) is 2.57. The van der Waals surface area contributed by atoms with Gasteiger partial charge in [-0.05, 0) is 18.9 Å². The number of carbonyl (C=O) groups excluding carboxylic acids is 1. The smallest absolute Gasteiger partial charge is 0.251 e. The quantitative estimate of drug-likeness (QED) is 0.633. The summed E-state index contributed by atoms with van der Waals surface area (Å²) in [7, 11) is 0. The highest BCUT2D eigenvalue weighted by Gasteiger charge is 2.15. The van der Waals surface area contributed by atoms with Crippen LogP contribution in [0.5, 0.6) is 0 Å². The number of hydrogen-bond acceptors (Lipinski definition) is 2. The molecule has 0 bridgehead atoms. The van der Waals surface area contributed by atoms with Crippen LogP contribution in [0.1, 0.15) is 48.9 Å². The molecule has 0 radical (unpaired) electrons. The molecular weight excluding hydrogens is 219 g/mol. The molecule has 1 aromatic heterocycles. The van der Waals surface area contributed by atoms with Crippen LogP contribution >= 0.6 is 0 Å². The SMILES string of the molecule is O=C(NC1CCCCCC1)c1ccnc(F)c1. The molecule has 0 spiro atoms. The minimum absolute atomic E-state index is 0.196. The third-order valence-electron chi connectivity index (χ3n) is 3.18. The summed E-state index contributed by atoms with van der Waals surface area (Å²) in [6, 6.07) is 2.95. The van der Waals surface area contributed by atoms with Gasteiger partial charge >= 0.3 is 0 Å². The summed E-state index contributed by atoms with van der Waals surface area (Å²) in [6.45, 7) is 0. The molecule has 1 fully saturated rings. The molecule has 1 saturated carbocycles. The van der Waals surface area contributed by atoms with Gasteiger partial charge in [0.05, 0.1) is 0 Å². The molecule has 0 saturated heterocycles. The van der Waals surface area contributed by atoms with Gasteiger partial charge in [0.1, 0.15) is 0 Å². The van der Waals surface area contributed by atoms with Gasteiger partial charge < -0.3 is 5.32 Å². The Hall–Kier alpha value is -1.45. The maximum absolute atomic E-state index is 12.9. The first kappa shape index (κ1) is 12.0. The molecule has 1 heterocycles. The number of amides is 1. The van der Waals surface area contributed by atoms with Crippen LogP contribution in [0, 0.1) is 5.95 Å². The lowest BCUT2D eigenvalue weighted by Gasteiger charge is -2.16. The molecule has 1 N–H and O–H groups in total. The second-order valence-electron chi connectivity index (χ2n) is 4.53. The summed E-state index contributed by atoms with van der Waals surface area (Å²) in [5.41, 5.74) is 0.349. The van der Waals surface area contributed by atoms with E-state index < -0.39 is 5.95 Å². The van der Waals surface area contributed by atoms with Crippen molar-refractivity contribution in [3.8, 4) is 0 Å². The fourth-order valence-electron chi connectivity index (χ4n) is 2.24. The van der Waals surface area contributed by atoms with E-state index in [2.05, 4.69) is 10.3 Å². The zero-order valence-electron chi connectivity index (χ0n) is 9.79. The van der Waals surface area contributed by atoms with Gasteiger partial charge in [0.15, 0.2) is 0 Å². The van der Waals surface area contributed by atoms with Gasteiger partial charge in [0.2, 0.25) is 5.95 Å². The van der Waals surface area contributed by atoms with Crippen LogP contribution in [0.4, 0.5) is 4.39 Å². The first-order valence-electron chi connectivity index (χ1n) is 6.18. The van der Waals surface area contributed by atoms with E-state index in [1.807, 2.05) is 0 Å². The Morgan fingerprint density at radius 1 is 1.29 bits per heavy atom. The Morgan fingerprint density at radius 3 is 2.65 bits per heavy atom. The van der Waals surface area contributed by atoms with Crippen molar-refractivity contribution in [3.63, 3.8) is 0 Å². The van der Waals surface area contributed by atoms with E-state index in [4.69, 9.17) is 0 Å². The predicted octanol–water partition coefficient (Wildman–Crippen LogP) is 2.67. The molecule has 3 nitrogen and oxygen atoms in total.